The van der Waals surface area contributed by atoms with Crippen LogP contribution in [0.15, 0.2) is 21.5 Å². The summed E-state index contributed by atoms with van der Waals surface area (Å²) in [5, 5.41) is 0. The predicted octanol–water partition coefficient (Wildman–Crippen LogP) is 1.67. The second kappa shape index (κ2) is 4.51. The van der Waals surface area contributed by atoms with Crippen molar-refractivity contribution >= 4 is 26.0 Å². The molecule has 84 valence electrons. The number of hydrogen-bond acceptors (Lipinski definition) is 3. The van der Waals surface area contributed by atoms with Gasteiger partial charge in [0.15, 0.2) is 0 Å². The van der Waals surface area contributed by atoms with Gasteiger partial charge in [0.1, 0.15) is 10.6 Å². The number of benzene rings is 1. The zero-order valence-corrected chi connectivity index (χ0v) is 11.1. The minimum atomic E-state index is -3.49. The van der Waals surface area contributed by atoms with Gasteiger partial charge in [0.05, 0.1) is 7.11 Å². The highest BCUT2D eigenvalue weighted by molar-refractivity contribution is 9.10. The molecule has 0 radical (unpaired) electrons. The molecule has 1 aromatic carbocycles. The van der Waals surface area contributed by atoms with Crippen LogP contribution in [-0.2, 0) is 10.0 Å². The molecular weight excluding hydrogens is 282 g/mol. The number of methoxy groups -OCH3 is 1. The molecule has 0 bridgehead atoms. The van der Waals surface area contributed by atoms with Crippen molar-refractivity contribution in [1.29, 1.82) is 0 Å². The number of nitrogens with one attached hydrogen (secondary N) is 1. The van der Waals surface area contributed by atoms with Crippen LogP contribution in [0.2, 0.25) is 0 Å². The van der Waals surface area contributed by atoms with E-state index >= 15 is 0 Å². The van der Waals surface area contributed by atoms with Gasteiger partial charge >= 0.3 is 0 Å². The molecule has 4 nitrogen and oxygen atoms in total. The molecule has 0 saturated carbocycles. The highest BCUT2D eigenvalue weighted by Gasteiger charge is 2.18. The average Bonchev–Trinajstić information content (AvgIpc) is 2.21. The van der Waals surface area contributed by atoms with Gasteiger partial charge in [0.2, 0.25) is 10.0 Å². The topological polar surface area (TPSA) is 55.4 Å². The predicted molar refractivity (Wildman–Crippen MR) is 61.7 cm³/mol. The minimum Gasteiger partial charge on any atom is -0.495 e. The summed E-state index contributed by atoms with van der Waals surface area (Å²) >= 11 is 3.28. The van der Waals surface area contributed by atoms with Crippen LogP contribution in [0, 0.1) is 6.92 Å². The molecule has 1 N–H and O–H groups in total. The summed E-state index contributed by atoms with van der Waals surface area (Å²) in [6.45, 7) is 1.86. The number of rotatable bonds is 3. The molecule has 0 aromatic heterocycles. The fourth-order valence-electron chi connectivity index (χ4n) is 1.12. The maximum absolute atomic E-state index is 11.6. The standard InChI is InChI=1S/C9H12BrNO3S/c1-6-4-8(14-3)9(5-7(6)10)15(12,13)11-2/h4-5,11H,1-3H3. The molecule has 0 saturated heterocycles. The van der Waals surface area contributed by atoms with Crippen LogP contribution in [0.25, 0.3) is 0 Å². The van der Waals surface area contributed by atoms with Crippen molar-refractivity contribution in [2.75, 3.05) is 14.2 Å². The van der Waals surface area contributed by atoms with Crippen LogP contribution < -0.4 is 9.46 Å². The smallest absolute Gasteiger partial charge is 0.244 e. The second-order valence-electron chi connectivity index (χ2n) is 2.96. The molecule has 6 heteroatoms. The summed E-state index contributed by atoms with van der Waals surface area (Å²) in [6, 6.07) is 3.20. The molecule has 0 aliphatic rings. The van der Waals surface area contributed by atoms with E-state index < -0.39 is 10.0 Å². The third kappa shape index (κ3) is 2.50. The van der Waals surface area contributed by atoms with Crippen molar-refractivity contribution in [1.82, 2.24) is 4.72 Å². The van der Waals surface area contributed by atoms with Crippen LogP contribution in [0.5, 0.6) is 5.75 Å². The van der Waals surface area contributed by atoms with Crippen molar-refractivity contribution < 1.29 is 13.2 Å². The lowest BCUT2D eigenvalue weighted by atomic mass is 10.2. The fraction of sp³-hybridized carbons (Fsp3) is 0.333. The fourth-order valence-corrected chi connectivity index (χ4v) is 2.51. The van der Waals surface area contributed by atoms with Crippen molar-refractivity contribution in [2.45, 2.75) is 11.8 Å². The Morgan fingerprint density at radius 2 is 2.00 bits per heavy atom. The van der Waals surface area contributed by atoms with Crippen molar-refractivity contribution in [3.63, 3.8) is 0 Å². The zero-order valence-electron chi connectivity index (χ0n) is 8.67. The molecule has 0 aliphatic heterocycles. The molecule has 1 rings (SSSR count). The van der Waals surface area contributed by atoms with Crippen LogP contribution in [0.4, 0.5) is 0 Å². The van der Waals surface area contributed by atoms with Crippen LogP contribution in [0.3, 0.4) is 0 Å². The Kier molecular flexibility index (Phi) is 3.75. The Labute approximate surface area is 97.8 Å². The summed E-state index contributed by atoms with van der Waals surface area (Å²) in [6.07, 6.45) is 0. The molecule has 0 aliphatic carbocycles. The third-order valence-corrected chi connectivity index (χ3v) is 4.29. The van der Waals surface area contributed by atoms with Gasteiger partial charge in [-0.15, -0.1) is 0 Å². The molecule has 0 atom stereocenters. The number of hydrogen-bond donors (Lipinski definition) is 1. The Balaban J connectivity index is 3.48. The first-order valence-corrected chi connectivity index (χ1v) is 6.47. The van der Waals surface area contributed by atoms with E-state index in [0.29, 0.717) is 5.75 Å². The SMILES string of the molecule is CNS(=O)(=O)c1cc(Br)c(C)cc1OC. The maximum atomic E-state index is 11.6. The molecule has 0 unspecified atom stereocenters. The van der Waals surface area contributed by atoms with E-state index in [2.05, 4.69) is 20.7 Å². The number of ether oxygens (including phenoxy) is 1. The lowest BCUT2D eigenvalue weighted by molar-refractivity contribution is 0.402. The van der Waals surface area contributed by atoms with Gasteiger partial charge in [0.25, 0.3) is 0 Å². The quantitative estimate of drug-likeness (QED) is 0.922. The van der Waals surface area contributed by atoms with E-state index in [1.165, 1.54) is 20.2 Å². The molecular formula is C9H12BrNO3S. The van der Waals surface area contributed by atoms with Gasteiger partial charge in [-0.3, -0.25) is 0 Å². The Morgan fingerprint density at radius 1 is 1.40 bits per heavy atom. The van der Waals surface area contributed by atoms with Crippen LogP contribution >= 0.6 is 15.9 Å². The lowest BCUT2D eigenvalue weighted by Crippen LogP contribution is -2.19. The van der Waals surface area contributed by atoms with E-state index in [4.69, 9.17) is 4.74 Å². The van der Waals surface area contributed by atoms with Crippen molar-refractivity contribution in [3.05, 3.63) is 22.2 Å². The van der Waals surface area contributed by atoms with Gasteiger partial charge < -0.3 is 4.74 Å². The van der Waals surface area contributed by atoms with E-state index in [-0.39, 0.29) is 4.90 Å². The van der Waals surface area contributed by atoms with Crippen LogP contribution in [0.1, 0.15) is 5.56 Å². The van der Waals surface area contributed by atoms with E-state index in [1.54, 1.807) is 6.07 Å². The monoisotopic (exact) mass is 293 g/mol. The van der Waals surface area contributed by atoms with Crippen molar-refractivity contribution in [2.24, 2.45) is 0 Å². The molecule has 0 amide bonds. The largest absolute Gasteiger partial charge is 0.495 e. The summed E-state index contributed by atoms with van der Waals surface area (Å²) in [4.78, 5) is 0.130. The van der Waals surface area contributed by atoms with E-state index in [9.17, 15) is 8.42 Å². The summed E-state index contributed by atoms with van der Waals surface area (Å²) in [5.74, 6) is 0.338. The lowest BCUT2D eigenvalue weighted by Gasteiger charge is -2.10. The second-order valence-corrected chi connectivity index (χ2v) is 5.67. The molecule has 0 fully saturated rings. The maximum Gasteiger partial charge on any atom is 0.244 e. The van der Waals surface area contributed by atoms with E-state index in [1.807, 2.05) is 6.92 Å². The van der Waals surface area contributed by atoms with Gasteiger partial charge in [-0.1, -0.05) is 15.9 Å². The number of sulfonamides is 1. The minimum absolute atomic E-state index is 0.130. The Hall–Kier alpha value is -0.590. The highest BCUT2D eigenvalue weighted by Crippen LogP contribution is 2.29. The Morgan fingerprint density at radius 3 is 2.47 bits per heavy atom. The molecule has 0 heterocycles. The molecule has 0 spiro atoms. The first-order valence-electron chi connectivity index (χ1n) is 4.20. The van der Waals surface area contributed by atoms with Gasteiger partial charge in [-0.2, -0.15) is 0 Å². The molecule has 1 aromatic rings. The normalized spacial score (nSPS) is 11.5. The van der Waals surface area contributed by atoms with E-state index in [0.717, 1.165) is 10.0 Å². The summed E-state index contributed by atoms with van der Waals surface area (Å²) in [7, 11) is -0.680. The molecule has 15 heavy (non-hydrogen) atoms. The Bertz CT molecular complexity index is 470. The van der Waals surface area contributed by atoms with Gasteiger partial charge in [-0.25, -0.2) is 13.1 Å². The zero-order chi connectivity index (χ0) is 11.6. The van der Waals surface area contributed by atoms with Gasteiger partial charge in [0, 0.05) is 4.47 Å². The highest BCUT2D eigenvalue weighted by atomic mass is 79.9. The summed E-state index contributed by atoms with van der Waals surface area (Å²) in [5.41, 5.74) is 0.918. The first kappa shape index (κ1) is 12.5. The number of aryl methyl sites for hydroxylation is 1. The first-order chi connectivity index (χ1) is 6.92. The van der Waals surface area contributed by atoms with Crippen molar-refractivity contribution in [3.8, 4) is 5.75 Å². The number of halogens is 1. The summed E-state index contributed by atoms with van der Waals surface area (Å²) < 4.78 is 31.3. The third-order valence-electron chi connectivity index (χ3n) is 2.00. The van der Waals surface area contributed by atoms with Gasteiger partial charge in [-0.05, 0) is 31.7 Å². The van der Waals surface area contributed by atoms with Crippen LogP contribution in [-0.4, -0.2) is 22.6 Å². The average molecular weight is 294 g/mol.